The van der Waals surface area contributed by atoms with Crippen LogP contribution in [-0.4, -0.2) is 4.92 Å². The van der Waals surface area contributed by atoms with Crippen molar-refractivity contribution in [2.24, 2.45) is 0 Å². The van der Waals surface area contributed by atoms with Crippen LogP contribution in [0.25, 0.3) is 0 Å². The first-order valence-corrected chi connectivity index (χ1v) is 7.89. The van der Waals surface area contributed by atoms with Gasteiger partial charge in [-0.25, -0.2) is 0 Å². The molecule has 2 atom stereocenters. The standard InChI is InChI=1S/C15H10Br2N2O2/c16-14(10-4-2-1-3-5-10)15(17)13-7-6-12(19(20)21)8-11(13)9-18/h1-8,14-15H/t14-,15+/m1/s1. The van der Waals surface area contributed by atoms with Gasteiger partial charge < -0.3 is 0 Å². The van der Waals surface area contributed by atoms with Crippen LogP contribution in [0.1, 0.15) is 26.3 Å². The minimum atomic E-state index is -0.503. The lowest BCUT2D eigenvalue weighted by atomic mass is 9.99. The van der Waals surface area contributed by atoms with E-state index in [0.29, 0.717) is 11.1 Å². The molecule has 0 saturated carbocycles. The van der Waals surface area contributed by atoms with Crippen LogP contribution in [0.5, 0.6) is 0 Å². The maximum absolute atomic E-state index is 10.8. The molecule has 0 saturated heterocycles. The third kappa shape index (κ3) is 3.49. The molecule has 0 aliphatic carbocycles. The van der Waals surface area contributed by atoms with Gasteiger partial charge in [0.15, 0.2) is 0 Å². The van der Waals surface area contributed by atoms with Crippen molar-refractivity contribution in [2.45, 2.75) is 9.65 Å². The minimum Gasteiger partial charge on any atom is -0.258 e. The zero-order valence-electron chi connectivity index (χ0n) is 10.7. The van der Waals surface area contributed by atoms with Gasteiger partial charge in [-0.15, -0.1) is 0 Å². The maximum Gasteiger partial charge on any atom is 0.270 e. The summed E-state index contributed by atoms with van der Waals surface area (Å²) in [7, 11) is 0. The number of benzene rings is 2. The van der Waals surface area contributed by atoms with E-state index in [2.05, 4.69) is 31.9 Å². The Labute approximate surface area is 138 Å². The Bertz CT molecular complexity index is 699. The molecule has 0 spiro atoms. The summed E-state index contributed by atoms with van der Waals surface area (Å²) in [5, 5.41) is 20.0. The van der Waals surface area contributed by atoms with Crippen LogP contribution >= 0.6 is 31.9 Å². The Hall–Kier alpha value is -1.71. The molecule has 0 heterocycles. The summed E-state index contributed by atoms with van der Waals surface area (Å²) in [6.45, 7) is 0. The van der Waals surface area contributed by atoms with Crippen molar-refractivity contribution in [3.05, 3.63) is 75.3 Å². The molecule has 106 valence electrons. The van der Waals surface area contributed by atoms with Gasteiger partial charge in [0.25, 0.3) is 5.69 Å². The van der Waals surface area contributed by atoms with Crippen LogP contribution in [-0.2, 0) is 0 Å². The van der Waals surface area contributed by atoms with Crippen LogP contribution in [0.4, 0.5) is 5.69 Å². The predicted molar refractivity (Wildman–Crippen MR) is 87.6 cm³/mol. The van der Waals surface area contributed by atoms with E-state index in [1.54, 1.807) is 6.07 Å². The average molecular weight is 410 g/mol. The zero-order valence-corrected chi connectivity index (χ0v) is 13.9. The van der Waals surface area contributed by atoms with Crippen molar-refractivity contribution in [1.29, 1.82) is 5.26 Å². The minimum absolute atomic E-state index is 0.0488. The summed E-state index contributed by atoms with van der Waals surface area (Å²) in [5.74, 6) is 0. The number of hydrogen-bond acceptors (Lipinski definition) is 3. The number of hydrogen-bond donors (Lipinski definition) is 0. The molecule has 6 heteroatoms. The highest BCUT2D eigenvalue weighted by atomic mass is 79.9. The highest BCUT2D eigenvalue weighted by molar-refractivity contribution is 9.12. The van der Waals surface area contributed by atoms with Crippen molar-refractivity contribution < 1.29 is 4.92 Å². The van der Waals surface area contributed by atoms with E-state index in [1.807, 2.05) is 36.4 Å². The molecule has 4 nitrogen and oxygen atoms in total. The Morgan fingerprint density at radius 3 is 2.33 bits per heavy atom. The number of nitrogens with zero attached hydrogens (tertiary/aromatic N) is 2. The number of nitro benzene ring substituents is 1. The first-order chi connectivity index (χ1) is 10.0. The fraction of sp³-hybridized carbons (Fsp3) is 0.133. The van der Waals surface area contributed by atoms with E-state index >= 15 is 0 Å². The van der Waals surface area contributed by atoms with Crippen molar-refractivity contribution in [3.63, 3.8) is 0 Å². The van der Waals surface area contributed by atoms with Gasteiger partial charge >= 0.3 is 0 Å². The van der Waals surface area contributed by atoms with Crippen LogP contribution in [0.3, 0.4) is 0 Å². The first kappa shape index (κ1) is 15.7. The quantitative estimate of drug-likeness (QED) is 0.403. The maximum atomic E-state index is 10.8. The van der Waals surface area contributed by atoms with Crippen LogP contribution in [0.15, 0.2) is 48.5 Å². The van der Waals surface area contributed by atoms with Crippen molar-refractivity contribution in [3.8, 4) is 6.07 Å². The van der Waals surface area contributed by atoms with E-state index in [0.717, 1.165) is 5.56 Å². The molecule has 21 heavy (non-hydrogen) atoms. The van der Waals surface area contributed by atoms with Gasteiger partial charge in [-0.1, -0.05) is 62.2 Å². The highest BCUT2D eigenvalue weighted by Crippen LogP contribution is 2.43. The molecule has 0 radical (unpaired) electrons. The molecule has 0 N–H and O–H groups in total. The van der Waals surface area contributed by atoms with Gasteiger partial charge in [0, 0.05) is 12.1 Å². The molecule has 2 aromatic carbocycles. The number of rotatable bonds is 4. The molecule has 0 unspecified atom stereocenters. The Morgan fingerprint density at radius 1 is 1.10 bits per heavy atom. The second-order valence-corrected chi connectivity index (χ2v) is 6.33. The van der Waals surface area contributed by atoms with Gasteiger partial charge in [-0.05, 0) is 17.2 Å². The monoisotopic (exact) mass is 408 g/mol. The first-order valence-electron chi connectivity index (χ1n) is 6.06. The van der Waals surface area contributed by atoms with E-state index in [-0.39, 0.29) is 15.3 Å². The average Bonchev–Trinajstić information content (AvgIpc) is 2.53. The fourth-order valence-corrected chi connectivity index (χ4v) is 3.25. The largest absolute Gasteiger partial charge is 0.270 e. The molecule has 0 aromatic heterocycles. The molecule has 0 aliphatic rings. The molecule has 0 amide bonds. The summed E-state index contributed by atoms with van der Waals surface area (Å²) in [6, 6.07) is 16.1. The van der Waals surface area contributed by atoms with E-state index in [1.165, 1.54) is 12.1 Å². The highest BCUT2D eigenvalue weighted by Gasteiger charge is 2.23. The molecular formula is C15H10Br2N2O2. The summed E-state index contributed by atoms with van der Waals surface area (Å²) in [6.07, 6.45) is 0. The van der Waals surface area contributed by atoms with E-state index in [4.69, 9.17) is 0 Å². The Kier molecular flexibility index (Phi) is 5.10. The second kappa shape index (κ2) is 6.83. The van der Waals surface area contributed by atoms with Crippen molar-refractivity contribution in [2.75, 3.05) is 0 Å². The molecular weight excluding hydrogens is 400 g/mol. The summed E-state index contributed by atoms with van der Waals surface area (Å²) >= 11 is 7.18. The Balaban J connectivity index is 2.37. The van der Waals surface area contributed by atoms with Crippen LogP contribution in [0.2, 0.25) is 0 Å². The smallest absolute Gasteiger partial charge is 0.258 e. The van der Waals surface area contributed by atoms with E-state index in [9.17, 15) is 15.4 Å². The van der Waals surface area contributed by atoms with Gasteiger partial charge in [-0.2, -0.15) is 5.26 Å². The van der Waals surface area contributed by atoms with Crippen molar-refractivity contribution >= 4 is 37.5 Å². The van der Waals surface area contributed by atoms with Gasteiger partial charge in [-0.3, -0.25) is 10.1 Å². The zero-order chi connectivity index (χ0) is 15.4. The second-order valence-electron chi connectivity index (χ2n) is 4.35. The summed E-state index contributed by atoms with van der Waals surface area (Å²) in [5.41, 5.74) is 1.99. The summed E-state index contributed by atoms with van der Waals surface area (Å²) < 4.78 is 0. The third-order valence-corrected chi connectivity index (χ3v) is 5.83. The van der Waals surface area contributed by atoms with Gasteiger partial charge in [0.05, 0.1) is 26.2 Å². The third-order valence-electron chi connectivity index (χ3n) is 3.04. The lowest BCUT2D eigenvalue weighted by Gasteiger charge is -2.18. The Morgan fingerprint density at radius 2 is 1.76 bits per heavy atom. The number of nitro groups is 1. The number of nitriles is 1. The molecule has 0 aliphatic heterocycles. The number of non-ortho nitro benzene ring substituents is 1. The SMILES string of the molecule is N#Cc1cc([N+](=O)[O-])ccc1[C@H](Br)[C@H](Br)c1ccccc1. The summed E-state index contributed by atoms with van der Waals surface area (Å²) in [4.78, 5) is 10.1. The van der Waals surface area contributed by atoms with E-state index < -0.39 is 4.92 Å². The van der Waals surface area contributed by atoms with Gasteiger partial charge in [0.1, 0.15) is 0 Å². The number of alkyl halides is 2. The number of halogens is 2. The lowest BCUT2D eigenvalue weighted by molar-refractivity contribution is -0.384. The predicted octanol–water partition coefficient (Wildman–Crippen LogP) is 5.04. The normalized spacial score (nSPS) is 13.2. The van der Waals surface area contributed by atoms with Gasteiger partial charge in [0.2, 0.25) is 0 Å². The van der Waals surface area contributed by atoms with Crippen molar-refractivity contribution in [1.82, 2.24) is 0 Å². The van der Waals surface area contributed by atoms with Crippen LogP contribution < -0.4 is 0 Å². The topological polar surface area (TPSA) is 66.9 Å². The molecule has 2 rings (SSSR count). The molecule has 0 fully saturated rings. The lowest BCUT2D eigenvalue weighted by Crippen LogP contribution is -2.02. The van der Waals surface area contributed by atoms with Crippen LogP contribution in [0, 0.1) is 21.4 Å². The molecule has 0 bridgehead atoms. The fourth-order valence-electron chi connectivity index (χ4n) is 1.96. The molecule has 2 aromatic rings.